The van der Waals surface area contributed by atoms with E-state index in [1.165, 1.54) is 6.07 Å². The van der Waals surface area contributed by atoms with Crippen molar-refractivity contribution in [1.29, 1.82) is 0 Å². The predicted molar refractivity (Wildman–Crippen MR) is 68.2 cm³/mol. The zero-order chi connectivity index (χ0) is 12.4. The highest BCUT2D eigenvalue weighted by Gasteiger charge is 2.14. The second-order valence-electron chi connectivity index (χ2n) is 3.98. The van der Waals surface area contributed by atoms with E-state index in [0.717, 1.165) is 15.8 Å². The van der Waals surface area contributed by atoms with Gasteiger partial charge >= 0.3 is 0 Å². The highest BCUT2D eigenvalue weighted by atomic mass is 79.9. The summed E-state index contributed by atoms with van der Waals surface area (Å²) < 4.78 is 19.6. The minimum absolute atomic E-state index is 0.240. The fourth-order valence-electron chi connectivity index (χ4n) is 1.81. The Morgan fingerprint density at radius 1 is 1.41 bits per heavy atom. The number of nitrogens with two attached hydrogens (primary N) is 1. The summed E-state index contributed by atoms with van der Waals surface area (Å²) in [5.41, 5.74) is 7.58. The van der Waals surface area contributed by atoms with Gasteiger partial charge in [-0.05, 0) is 37.1 Å². The standard InChI is InChI=1S/C13H13BrFNO/c1-8-11(4-5-17-8)13(16)6-9-2-3-10(14)7-12(9)15/h2-5,7,13H,6,16H2,1H3. The van der Waals surface area contributed by atoms with Crippen molar-refractivity contribution in [2.45, 2.75) is 19.4 Å². The van der Waals surface area contributed by atoms with Gasteiger partial charge in [0.05, 0.1) is 6.26 Å². The normalized spacial score (nSPS) is 12.7. The van der Waals surface area contributed by atoms with Gasteiger partial charge in [0.25, 0.3) is 0 Å². The molecule has 2 aromatic rings. The fourth-order valence-corrected chi connectivity index (χ4v) is 2.15. The molecule has 0 fully saturated rings. The summed E-state index contributed by atoms with van der Waals surface area (Å²) in [5, 5.41) is 0. The smallest absolute Gasteiger partial charge is 0.127 e. The van der Waals surface area contributed by atoms with E-state index in [-0.39, 0.29) is 11.9 Å². The van der Waals surface area contributed by atoms with Crippen LogP contribution in [0.3, 0.4) is 0 Å². The Labute approximate surface area is 108 Å². The van der Waals surface area contributed by atoms with Gasteiger partial charge in [-0.3, -0.25) is 0 Å². The van der Waals surface area contributed by atoms with Gasteiger partial charge in [-0.2, -0.15) is 0 Å². The first kappa shape index (κ1) is 12.3. The molecule has 1 unspecified atom stereocenters. The molecule has 0 bridgehead atoms. The van der Waals surface area contributed by atoms with Gasteiger partial charge < -0.3 is 10.2 Å². The van der Waals surface area contributed by atoms with Crippen molar-refractivity contribution in [3.05, 3.63) is 57.7 Å². The Kier molecular flexibility index (Phi) is 3.64. The average molecular weight is 298 g/mol. The van der Waals surface area contributed by atoms with Crippen molar-refractivity contribution < 1.29 is 8.81 Å². The molecule has 0 saturated heterocycles. The summed E-state index contributed by atoms with van der Waals surface area (Å²) in [7, 11) is 0. The van der Waals surface area contributed by atoms with Crippen molar-refractivity contribution in [3.63, 3.8) is 0 Å². The number of halogens is 2. The third kappa shape index (κ3) is 2.76. The summed E-state index contributed by atoms with van der Waals surface area (Å²) in [6, 6.07) is 6.59. The number of hydrogen-bond acceptors (Lipinski definition) is 2. The molecule has 1 aromatic heterocycles. The Hall–Kier alpha value is -1.13. The molecule has 17 heavy (non-hydrogen) atoms. The number of rotatable bonds is 3. The Morgan fingerprint density at radius 2 is 2.18 bits per heavy atom. The maximum atomic E-state index is 13.6. The van der Waals surface area contributed by atoms with Crippen LogP contribution in [-0.2, 0) is 6.42 Å². The molecular weight excluding hydrogens is 285 g/mol. The Balaban J connectivity index is 2.19. The van der Waals surface area contributed by atoms with Crippen LogP contribution in [-0.4, -0.2) is 0 Å². The van der Waals surface area contributed by atoms with Crippen LogP contribution < -0.4 is 5.73 Å². The van der Waals surface area contributed by atoms with E-state index in [1.807, 2.05) is 19.1 Å². The molecule has 2 N–H and O–H groups in total. The molecule has 2 rings (SSSR count). The van der Waals surface area contributed by atoms with Gasteiger partial charge in [0, 0.05) is 16.1 Å². The monoisotopic (exact) mass is 297 g/mol. The van der Waals surface area contributed by atoms with Crippen LogP contribution in [0.2, 0.25) is 0 Å². The van der Waals surface area contributed by atoms with E-state index in [1.54, 1.807) is 12.3 Å². The third-order valence-electron chi connectivity index (χ3n) is 2.75. The van der Waals surface area contributed by atoms with E-state index < -0.39 is 0 Å². The van der Waals surface area contributed by atoms with E-state index >= 15 is 0 Å². The van der Waals surface area contributed by atoms with Crippen molar-refractivity contribution in [2.75, 3.05) is 0 Å². The van der Waals surface area contributed by atoms with Gasteiger partial charge in [0.2, 0.25) is 0 Å². The summed E-state index contributed by atoms with van der Waals surface area (Å²) in [6.45, 7) is 1.85. The summed E-state index contributed by atoms with van der Waals surface area (Å²) in [4.78, 5) is 0. The van der Waals surface area contributed by atoms with Gasteiger partial charge in [-0.1, -0.05) is 22.0 Å². The first-order chi connectivity index (χ1) is 8.08. The van der Waals surface area contributed by atoms with E-state index in [0.29, 0.717) is 12.0 Å². The number of aryl methyl sites for hydroxylation is 1. The molecule has 1 aromatic carbocycles. The molecule has 0 radical (unpaired) electrons. The minimum atomic E-state index is -0.246. The molecule has 90 valence electrons. The van der Waals surface area contributed by atoms with Crippen LogP contribution in [0, 0.1) is 12.7 Å². The average Bonchev–Trinajstić information content (AvgIpc) is 2.68. The minimum Gasteiger partial charge on any atom is -0.469 e. The lowest BCUT2D eigenvalue weighted by Gasteiger charge is -2.11. The molecule has 4 heteroatoms. The lowest BCUT2D eigenvalue weighted by molar-refractivity contribution is 0.522. The van der Waals surface area contributed by atoms with Crippen molar-refractivity contribution in [1.82, 2.24) is 0 Å². The zero-order valence-electron chi connectivity index (χ0n) is 9.41. The van der Waals surface area contributed by atoms with Gasteiger partial charge in [0.15, 0.2) is 0 Å². The third-order valence-corrected chi connectivity index (χ3v) is 3.25. The maximum absolute atomic E-state index is 13.6. The van der Waals surface area contributed by atoms with Crippen LogP contribution in [0.15, 0.2) is 39.4 Å². The summed E-state index contributed by atoms with van der Waals surface area (Å²) >= 11 is 3.23. The lowest BCUT2D eigenvalue weighted by Crippen LogP contribution is -2.14. The SMILES string of the molecule is Cc1occc1C(N)Cc1ccc(Br)cc1F. The van der Waals surface area contributed by atoms with E-state index in [2.05, 4.69) is 15.9 Å². The molecule has 0 amide bonds. The van der Waals surface area contributed by atoms with Crippen LogP contribution in [0.25, 0.3) is 0 Å². The number of furan rings is 1. The van der Waals surface area contributed by atoms with Gasteiger partial charge in [-0.25, -0.2) is 4.39 Å². The van der Waals surface area contributed by atoms with Crippen LogP contribution in [0.5, 0.6) is 0 Å². The quantitative estimate of drug-likeness (QED) is 0.937. The summed E-state index contributed by atoms with van der Waals surface area (Å²) in [6.07, 6.45) is 2.06. The molecule has 0 saturated carbocycles. The Morgan fingerprint density at radius 3 is 2.76 bits per heavy atom. The predicted octanol–water partition coefficient (Wildman–Crippen LogP) is 3.73. The topological polar surface area (TPSA) is 39.2 Å². The molecule has 1 heterocycles. The van der Waals surface area contributed by atoms with Crippen molar-refractivity contribution in [2.24, 2.45) is 5.73 Å². The van der Waals surface area contributed by atoms with E-state index in [9.17, 15) is 4.39 Å². The first-order valence-electron chi connectivity index (χ1n) is 5.31. The molecular formula is C13H13BrFNO. The number of benzene rings is 1. The van der Waals surface area contributed by atoms with Crippen molar-refractivity contribution in [3.8, 4) is 0 Å². The molecule has 0 aliphatic rings. The van der Waals surface area contributed by atoms with E-state index in [4.69, 9.17) is 10.2 Å². The highest BCUT2D eigenvalue weighted by molar-refractivity contribution is 9.10. The van der Waals surface area contributed by atoms with Gasteiger partial charge in [-0.15, -0.1) is 0 Å². The first-order valence-corrected chi connectivity index (χ1v) is 6.10. The largest absolute Gasteiger partial charge is 0.469 e. The maximum Gasteiger partial charge on any atom is 0.127 e. The highest BCUT2D eigenvalue weighted by Crippen LogP contribution is 2.23. The Bertz CT molecular complexity index is 524. The second-order valence-corrected chi connectivity index (χ2v) is 4.89. The van der Waals surface area contributed by atoms with Crippen LogP contribution in [0.4, 0.5) is 4.39 Å². The molecule has 0 aliphatic heterocycles. The summed E-state index contributed by atoms with van der Waals surface area (Å²) in [5.74, 6) is 0.547. The fraction of sp³-hybridized carbons (Fsp3) is 0.231. The second kappa shape index (κ2) is 5.02. The zero-order valence-corrected chi connectivity index (χ0v) is 11.0. The van der Waals surface area contributed by atoms with Crippen LogP contribution >= 0.6 is 15.9 Å². The number of hydrogen-bond donors (Lipinski definition) is 1. The van der Waals surface area contributed by atoms with Crippen molar-refractivity contribution >= 4 is 15.9 Å². The molecule has 0 spiro atoms. The van der Waals surface area contributed by atoms with Crippen LogP contribution in [0.1, 0.15) is 22.9 Å². The molecule has 2 nitrogen and oxygen atoms in total. The van der Waals surface area contributed by atoms with Gasteiger partial charge in [0.1, 0.15) is 11.6 Å². The lowest BCUT2D eigenvalue weighted by atomic mass is 10.00. The molecule has 0 aliphatic carbocycles. The molecule has 1 atom stereocenters.